The smallest absolute Gasteiger partial charge is 0.323 e. The summed E-state index contributed by atoms with van der Waals surface area (Å²) in [6.07, 6.45) is 1.91. The van der Waals surface area contributed by atoms with Gasteiger partial charge >= 0.3 is 5.97 Å². The van der Waals surface area contributed by atoms with Crippen LogP contribution in [0, 0.1) is 0 Å². The maximum Gasteiger partial charge on any atom is 0.323 e. The number of carboxylic acids is 1. The second-order valence-corrected chi connectivity index (χ2v) is 5.21. The van der Waals surface area contributed by atoms with Crippen molar-refractivity contribution in [3.05, 3.63) is 47.7 Å². The normalized spacial score (nSPS) is 18.5. The highest BCUT2D eigenvalue weighted by Gasteiger charge is 2.31. The summed E-state index contributed by atoms with van der Waals surface area (Å²) in [4.78, 5) is 36.2. The van der Waals surface area contributed by atoms with Gasteiger partial charge in [-0.1, -0.05) is 30.3 Å². The number of carboxylic acid groups (broad SMARTS) is 1. The van der Waals surface area contributed by atoms with Crippen molar-refractivity contribution in [3.8, 4) is 0 Å². The molecule has 1 fully saturated rings. The second-order valence-electron chi connectivity index (χ2n) is 5.21. The topological polar surface area (TPSA) is 74.7 Å². The first kappa shape index (κ1) is 15.0. The minimum atomic E-state index is -1.01. The number of hydrogen-bond donors (Lipinski definition) is 1. The van der Waals surface area contributed by atoms with E-state index in [1.54, 1.807) is 0 Å². The first-order valence-corrected chi connectivity index (χ1v) is 6.72. The number of hydrogen-bond acceptors (Lipinski definition) is 4. The van der Waals surface area contributed by atoms with Gasteiger partial charge in [-0.3, -0.25) is 14.4 Å². The van der Waals surface area contributed by atoms with Gasteiger partial charge in [-0.05, 0) is 11.5 Å². The fourth-order valence-electron chi connectivity index (χ4n) is 2.48. The van der Waals surface area contributed by atoms with Crippen LogP contribution < -0.4 is 0 Å². The van der Waals surface area contributed by atoms with E-state index in [1.165, 1.54) is 18.1 Å². The molecular formula is C16H17NO4. The van der Waals surface area contributed by atoms with Crippen molar-refractivity contribution in [2.45, 2.75) is 18.8 Å². The molecule has 1 N–H and O–H groups in total. The number of carbonyl (C=O) groups excluding carboxylic acids is 2. The fourth-order valence-corrected chi connectivity index (χ4v) is 2.48. The van der Waals surface area contributed by atoms with Gasteiger partial charge in [0.25, 0.3) is 0 Å². The van der Waals surface area contributed by atoms with Crippen molar-refractivity contribution >= 4 is 17.5 Å². The number of carbonyl (C=O) groups is 3. The zero-order chi connectivity index (χ0) is 15.4. The predicted molar refractivity (Wildman–Crippen MR) is 76.8 cm³/mol. The first-order valence-electron chi connectivity index (χ1n) is 6.72. The van der Waals surface area contributed by atoms with Crippen LogP contribution in [-0.2, 0) is 14.4 Å². The van der Waals surface area contributed by atoms with Crippen LogP contribution in [0.2, 0.25) is 0 Å². The van der Waals surface area contributed by atoms with Crippen molar-refractivity contribution < 1.29 is 19.5 Å². The van der Waals surface area contributed by atoms with E-state index in [4.69, 9.17) is 5.11 Å². The van der Waals surface area contributed by atoms with Crippen molar-refractivity contribution in [1.29, 1.82) is 0 Å². The molecule has 0 heterocycles. The Morgan fingerprint density at radius 3 is 2.33 bits per heavy atom. The summed E-state index contributed by atoms with van der Waals surface area (Å²) < 4.78 is 0. The maximum atomic E-state index is 12.1. The average Bonchev–Trinajstić information content (AvgIpc) is 2.43. The summed E-state index contributed by atoms with van der Waals surface area (Å²) in [6, 6.07) is 9.49. The molecule has 1 aromatic rings. The van der Waals surface area contributed by atoms with Crippen LogP contribution in [0.4, 0.5) is 0 Å². The molecule has 21 heavy (non-hydrogen) atoms. The maximum absolute atomic E-state index is 12.1. The van der Waals surface area contributed by atoms with E-state index in [0.717, 1.165) is 5.56 Å². The third-order valence-corrected chi connectivity index (χ3v) is 3.47. The summed E-state index contributed by atoms with van der Waals surface area (Å²) >= 11 is 0. The lowest BCUT2D eigenvalue weighted by molar-refractivity contribution is -0.137. The Hall–Kier alpha value is -2.43. The number of Topliss-reactive ketones (excluding diaryl/α,β-unsaturated/α-hetero) is 2. The summed E-state index contributed by atoms with van der Waals surface area (Å²) in [7, 11) is 1.53. The molecule has 2 rings (SSSR count). The van der Waals surface area contributed by atoms with Gasteiger partial charge in [-0.15, -0.1) is 0 Å². The number of allylic oxidation sites excluding steroid dienone is 1. The quantitative estimate of drug-likeness (QED) is 0.672. The Bertz CT molecular complexity index is 572. The van der Waals surface area contributed by atoms with Crippen molar-refractivity contribution in [2.24, 2.45) is 0 Å². The molecule has 0 saturated heterocycles. The molecule has 0 aromatic heterocycles. The Morgan fingerprint density at radius 1 is 1.24 bits per heavy atom. The Labute approximate surface area is 122 Å². The zero-order valence-corrected chi connectivity index (χ0v) is 11.8. The Balaban J connectivity index is 2.13. The zero-order valence-electron chi connectivity index (χ0n) is 11.8. The van der Waals surface area contributed by atoms with Crippen molar-refractivity contribution in [3.63, 3.8) is 0 Å². The van der Waals surface area contributed by atoms with Gasteiger partial charge in [0, 0.05) is 26.1 Å². The molecule has 0 spiro atoms. The van der Waals surface area contributed by atoms with Crippen LogP contribution in [0.5, 0.6) is 0 Å². The van der Waals surface area contributed by atoms with Gasteiger partial charge in [-0.25, -0.2) is 0 Å². The first-order chi connectivity index (χ1) is 9.97. The highest BCUT2D eigenvalue weighted by atomic mass is 16.4. The van der Waals surface area contributed by atoms with Gasteiger partial charge < -0.3 is 10.0 Å². The molecule has 1 aliphatic carbocycles. The Kier molecular flexibility index (Phi) is 4.52. The van der Waals surface area contributed by atoms with E-state index in [-0.39, 0.29) is 42.4 Å². The molecule has 0 unspecified atom stereocenters. The molecule has 5 heteroatoms. The van der Waals surface area contributed by atoms with Gasteiger partial charge in [0.15, 0.2) is 11.6 Å². The summed E-state index contributed by atoms with van der Waals surface area (Å²) in [5, 5.41) is 8.70. The highest BCUT2D eigenvalue weighted by Crippen LogP contribution is 2.31. The standard InChI is InChI=1S/C16H17NO4/c1-17(10-16(20)21)9-13-14(18)7-12(8-15(13)19)11-5-3-2-4-6-11/h2-6,9,12H,7-8,10H2,1H3,(H,20,21). The number of benzene rings is 1. The molecule has 110 valence electrons. The fraction of sp³-hybridized carbons (Fsp3) is 0.312. The highest BCUT2D eigenvalue weighted by molar-refractivity contribution is 6.22. The van der Waals surface area contributed by atoms with Crippen molar-refractivity contribution in [2.75, 3.05) is 13.6 Å². The number of ketones is 2. The SMILES string of the molecule is CN(C=C1C(=O)CC(c2ccccc2)CC1=O)CC(=O)O. The van der Waals surface area contributed by atoms with Gasteiger partial charge in [0.2, 0.25) is 0 Å². The summed E-state index contributed by atoms with van der Waals surface area (Å²) in [6.45, 7) is -0.244. The summed E-state index contributed by atoms with van der Waals surface area (Å²) in [5.41, 5.74) is 1.09. The molecule has 1 aromatic carbocycles. The van der Waals surface area contributed by atoms with Crippen LogP contribution in [0.25, 0.3) is 0 Å². The number of nitrogens with zero attached hydrogens (tertiary/aromatic N) is 1. The van der Waals surface area contributed by atoms with Crippen LogP contribution in [0.15, 0.2) is 42.1 Å². The van der Waals surface area contributed by atoms with E-state index in [2.05, 4.69) is 0 Å². The second kappa shape index (κ2) is 6.35. The van der Waals surface area contributed by atoms with E-state index < -0.39 is 5.97 Å². The van der Waals surface area contributed by atoms with E-state index >= 15 is 0 Å². The van der Waals surface area contributed by atoms with E-state index in [0.29, 0.717) is 0 Å². The van der Waals surface area contributed by atoms with Crippen LogP contribution in [0.1, 0.15) is 24.3 Å². The lowest BCUT2D eigenvalue weighted by Crippen LogP contribution is -2.28. The van der Waals surface area contributed by atoms with E-state index in [9.17, 15) is 14.4 Å². The Morgan fingerprint density at radius 2 is 1.81 bits per heavy atom. The molecular weight excluding hydrogens is 270 g/mol. The lowest BCUT2D eigenvalue weighted by Gasteiger charge is -2.23. The van der Waals surface area contributed by atoms with Gasteiger partial charge in [0.1, 0.15) is 6.54 Å². The molecule has 0 bridgehead atoms. The van der Waals surface area contributed by atoms with Crippen LogP contribution >= 0.6 is 0 Å². The molecule has 1 aliphatic rings. The minimum absolute atomic E-state index is 0.0897. The number of likely N-dealkylation sites (N-methyl/N-ethyl adjacent to an activating group) is 1. The molecule has 5 nitrogen and oxygen atoms in total. The monoisotopic (exact) mass is 287 g/mol. The third-order valence-electron chi connectivity index (χ3n) is 3.47. The van der Waals surface area contributed by atoms with E-state index in [1.807, 2.05) is 30.3 Å². The lowest BCUT2D eigenvalue weighted by atomic mass is 9.80. The molecule has 0 amide bonds. The van der Waals surface area contributed by atoms with Gasteiger partial charge in [0.05, 0.1) is 5.57 Å². The average molecular weight is 287 g/mol. The minimum Gasteiger partial charge on any atom is -0.480 e. The van der Waals surface area contributed by atoms with Crippen LogP contribution in [-0.4, -0.2) is 41.1 Å². The largest absolute Gasteiger partial charge is 0.480 e. The van der Waals surface area contributed by atoms with Crippen molar-refractivity contribution in [1.82, 2.24) is 4.90 Å². The molecule has 0 atom stereocenters. The van der Waals surface area contributed by atoms with Gasteiger partial charge in [-0.2, -0.15) is 0 Å². The molecule has 0 aliphatic heterocycles. The predicted octanol–water partition coefficient (Wildman–Crippen LogP) is 1.60. The number of rotatable bonds is 4. The molecule has 0 radical (unpaired) electrons. The molecule has 1 saturated carbocycles. The van der Waals surface area contributed by atoms with Crippen LogP contribution in [0.3, 0.4) is 0 Å². The number of aliphatic carboxylic acids is 1. The summed E-state index contributed by atoms with van der Waals surface area (Å²) in [5.74, 6) is -1.55. The third kappa shape index (κ3) is 3.78.